The van der Waals surface area contributed by atoms with E-state index >= 15 is 0 Å². The quantitative estimate of drug-likeness (QED) is 0.105. The molecule has 0 radical (unpaired) electrons. The highest BCUT2D eigenvalue weighted by Crippen LogP contribution is 2.41. The van der Waals surface area contributed by atoms with Gasteiger partial charge in [-0.15, -0.1) is 0 Å². The van der Waals surface area contributed by atoms with Crippen LogP contribution in [0.3, 0.4) is 0 Å². The molecule has 7 heteroatoms. The largest absolute Gasteiger partial charge is 0.493 e. The van der Waals surface area contributed by atoms with Crippen LogP contribution in [-0.4, -0.2) is 48.0 Å². The monoisotopic (exact) mass is 593 g/mol. The molecule has 0 bridgehead atoms. The third kappa shape index (κ3) is 7.21. The maximum Gasteiger partial charge on any atom is 0.261 e. The van der Waals surface area contributed by atoms with Gasteiger partial charge in [0, 0.05) is 24.8 Å². The summed E-state index contributed by atoms with van der Waals surface area (Å²) >= 11 is 0. The van der Waals surface area contributed by atoms with Crippen LogP contribution >= 0.6 is 0 Å². The highest BCUT2D eigenvalue weighted by Gasteiger charge is 2.34. The van der Waals surface area contributed by atoms with Gasteiger partial charge in [-0.25, -0.2) is 0 Å². The first-order chi connectivity index (χ1) is 21.5. The highest BCUT2D eigenvalue weighted by atomic mass is 16.5. The van der Waals surface area contributed by atoms with Crippen molar-refractivity contribution in [3.05, 3.63) is 95.2 Å². The third-order valence-corrected chi connectivity index (χ3v) is 8.36. The fourth-order valence-electron chi connectivity index (χ4n) is 5.96. The molecule has 230 valence electrons. The molecule has 0 spiro atoms. The Bertz CT molecular complexity index is 1550. The number of pyridine rings is 1. The van der Waals surface area contributed by atoms with E-state index in [4.69, 9.17) is 14.5 Å². The molecule has 0 aliphatic carbocycles. The Morgan fingerprint density at radius 1 is 0.864 bits per heavy atom. The molecule has 0 saturated heterocycles. The number of anilines is 1. The van der Waals surface area contributed by atoms with Crippen LogP contribution < -0.4 is 14.8 Å². The topological polar surface area (TPSA) is 80.8 Å². The van der Waals surface area contributed by atoms with E-state index in [9.17, 15) is 9.59 Å². The maximum atomic E-state index is 12.7. The van der Waals surface area contributed by atoms with Gasteiger partial charge in [-0.3, -0.25) is 19.5 Å². The number of amides is 2. The molecule has 1 aliphatic rings. The molecular formula is C37H43N3O4. The van der Waals surface area contributed by atoms with Crippen LogP contribution in [0.1, 0.15) is 83.7 Å². The predicted molar refractivity (Wildman–Crippen MR) is 176 cm³/mol. The molecule has 1 aromatic heterocycles. The number of nitrogens with one attached hydrogen (secondary N) is 1. The van der Waals surface area contributed by atoms with Crippen molar-refractivity contribution in [3.63, 3.8) is 0 Å². The number of rotatable bonds is 16. The van der Waals surface area contributed by atoms with Gasteiger partial charge < -0.3 is 14.8 Å². The Balaban J connectivity index is 1.15. The number of nitrogens with zero attached hydrogens (tertiary/aromatic N) is 2. The second-order valence-corrected chi connectivity index (χ2v) is 11.7. The number of hydrogen-bond donors (Lipinski definition) is 1. The number of aryl methyl sites for hydroxylation is 2. The molecule has 1 N–H and O–H groups in total. The van der Waals surface area contributed by atoms with Crippen LogP contribution in [0, 0.1) is 6.92 Å². The molecule has 1 aliphatic heterocycles. The van der Waals surface area contributed by atoms with Gasteiger partial charge >= 0.3 is 0 Å². The average molecular weight is 594 g/mol. The molecule has 5 rings (SSSR count). The summed E-state index contributed by atoms with van der Waals surface area (Å²) in [6.45, 7) is 5.18. The minimum atomic E-state index is -0.208. The Morgan fingerprint density at radius 3 is 2.27 bits per heavy atom. The Labute approximate surface area is 260 Å². The molecule has 0 fully saturated rings. The van der Waals surface area contributed by atoms with E-state index in [1.807, 2.05) is 18.3 Å². The van der Waals surface area contributed by atoms with Crippen molar-refractivity contribution in [1.82, 2.24) is 9.88 Å². The molecule has 3 aromatic carbocycles. The van der Waals surface area contributed by atoms with E-state index in [1.54, 1.807) is 31.4 Å². The van der Waals surface area contributed by atoms with Gasteiger partial charge in [0.2, 0.25) is 0 Å². The fraction of sp³-hybridized carbons (Fsp3) is 0.378. The minimum Gasteiger partial charge on any atom is -0.493 e. The van der Waals surface area contributed by atoms with E-state index < -0.39 is 0 Å². The summed E-state index contributed by atoms with van der Waals surface area (Å²) in [7, 11) is 1.67. The zero-order valence-corrected chi connectivity index (χ0v) is 26.1. The first-order valence-corrected chi connectivity index (χ1v) is 15.8. The molecule has 1 atom stereocenters. The summed E-state index contributed by atoms with van der Waals surface area (Å²) in [5, 5.41) is 4.55. The fourth-order valence-corrected chi connectivity index (χ4v) is 5.96. The lowest BCUT2D eigenvalue weighted by Crippen LogP contribution is -2.31. The van der Waals surface area contributed by atoms with Crippen molar-refractivity contribution in [2.24, 2.45) is 0 Å². The van der Waals surface area contributed by atoms with E-state index in [0.29, 0.717) is 36.4 Å². The van der Waals surface area contributed by atoms with Gasteiger partial charge in [0.25, 0.3) is 11.8 Å². The van der Waals surface area contributed by atoms with E-state index in [-0.39, 0.29) is 17.9 Å². The van der Waals surface area contributed by atoms with E-state index in [2.05, 4.69) is 49.5 Å². The smallest absolute Gasteiger partial charge is 0.261 e. The second-order valence-electron chi connectivity index (χ2n) is 11.7. The van der Waals surface area contributed by atoms with Crippen LogP contribution in [0.2, 0.25) is 0 Å². The van der Waals surface area contributed by atoms with Crippen molar-refractivity contribution < 1.29 is 19.1 Å². The SMILES string of the molecule is COc1cc(NC(C)CCCN2C(=O)c3ccccc3C2=O)c2nccc(C)c2c1OCCCCCCCc1ccccc1. The van der Waals surface area contributed by atoms with Crippen LogP contribution in [-0.2, 0) is 6.42 Å². The summed E-state index contributed by atoms with van der Waals surface area (Å²) in [4.78, 5) is 31.5. The first-order valence-electron chi connectivity index (χ1n) is 15.8. The summed E-state index contributed by atoms with van der Waals surface area (Å²) in [6, 6.07) is 21.7. The Morgan fingerprint density at radius 2 is 1.55 bits per heavy atom. The number of aromatic nitrogens is 1. The summed E-state index contributed by atoms with van der Waals surface area (Å²) < 4.78 is 12.2. The third-order valence-electron chi connectivity index (χ3n) is 8.36. The highest BCUT2D eigenvalue weighted by molar-refractivity contribution is 6.21. The van der Waals surface area contributed by atoms with E-state index in [0.717, 1.165) is 53.6 Å². The second kappa shape index (κ2) is 14.9. The lowest BCUT2D eigenvalue weighted by Gasteiger charge is -2.21. The van der Waals surface area contributed by atoms with Crippen LogP contribution in [0.5, 0.6) is 11.5 Å². The molecule has 44 heavy (non-hydrogen) atoms. The van der Waals surface area contributed by atoms with Crippen molar-refractivity contribution in [2.75, 3.05) is 25.6 Å². The van der Waals surface area contributed by atoms with Crippen molar-refractivity contribution in [2.45, 2.75) is 71.3 Å². The number of carbonyl (C=O) groups excluding carboxylic acids is 2. The molecule has 7 nitrogen and oxygen atoms in total. The van der Waals surface area contributed by atoms with Gasteiger partial charge in [-0.1, -0.05) is 61.7 Å². The average Bonchev–Trinajstić information content (AvgIpc) is 3.28. The summed E-state index contributed by atoms with van der Waals surface area (Å²) in [5.41, 5.74) is 5.18. The maximum absolute atomic E-state index is 12.7. The molecular weight excluding hydrogens is 550 g/mol. The number of unbranched alkanes of at least 4 members (excludes halogenated alkanes) is 4. The molecule has 4 aromatic rings. The first kappa shape index (κ1) is 31.0. The Hall–Kier alpha value is -4.39. The molecule has 2 amide bonds. The van der Waals surface area contributed by atoms with Crippen LogP contribution in [0.4, 0.5) is 5.69 Å². The summed E-state index contributed by atoms with van der Waals surface area (Å²) in [6.07, 6.45) is 10.2. The summed E-state index contributed by atoms with van der Waals surface area (Å²) in [5.74, 6) is 0.999. The predicted octanol–water partition coefficient (Wildman–Crippen LogP) is 8.00. The van der Waals surface area contributed by atoms with Gasteiger partial charge in [-0.05, 0) is 75.3 Å². The Kier molecular flexibility index (Phi) is 10.5. The van der Waals surface area contributed by atoms with Crippen molar-refractivity contribution in [3.8, 4) is 11.5 Å². The lowest BCUT2D eigenvalue weighted by molar-refractivity contribution is 0.0651. The number of ether oxygens (including phenoxy) is 2. The van der Waals surface area contributed by atoms with Crippen LogP contribution in [0.25, 0.3) is 10.9 Å². The van der Waals surface area contributed by atoms with Crippen molar-refractivity contribution >= 4 is 28.4 Å². The van der Waals surface area contributed by atoms with Gasteiger partial charge in [0.05, 0.1) is 41.4 Å². The van der Waals surface area contributed by atoms with Gasteiger partial charge in [0.15, 0.2) is 11.5 Å². The van der Waals surface area contributed by atoms with E-state index in [1.165, 1.54) is 29.7 Å². The zero-order chi connectivity index (χ0) is 30.9. The molecule has 0 saturated carbocycles. The lowest BCUT2D eigenvalue weighted by atomic mass is 10.1. The number of fused-ring (bicyclic) bond motifs is 2. The molecule has 2 heterocycles. The standard InChI is InChI=1S/C37H43N3O4/c1-26-21-22-38-34-31(39-27(2)15-14-23-40-36(41)29-19-11-12-20-30(29)37(40)42)25-32(43-3)35(33(26)34)44-24-13-6-4-5-8-16-28-17-9-7-10-18-28/h7,9-12,17-22,25,27,39H,4-6,8,13-16,23-24H2,1-3H3. The normalized spacial score (nSPS) is 13.3. The van der Waals surface area contributed by atoms with Crippen LogP contribution in [0.15, 0.2) is 72.9 Å². The van der Waals surface area contributed by atoms with Crippen molar-refractivity contribution in [1.29, 1.82) is 0 Å². The number of imide groups is 1. The number of benzene rings is 3. The number of carbonyl (C=O) groups is 2. The molecule has 1 unspecified atom stereocenters. The zero-order valence-electron chi connectivity index (χ0n) is 26.1. The number of hydrogen-bond acceptors (Lipinski definition) is 6. The number of methoxy groups -OCH3 is 1. The minimum absolute atomic E-state index is 0.0778. The van der Waals surface area contributed by atoms with Gasteiger partial charge in [0.1, 0.15) is 0 Å². The van der Waals surface area contributed by atoms with Gasteiger partial charge in [-0.2, -0.15) is 0 Å².